The van der Waals surface area contributed by atoms with Crippen molar-refractivity contribution in [3.8, 4) is 5.75 Å². The number of phenolic OH excluding ortho intramolecular Hbond substituents is 1. The number of sulfonamides is 1. The fourth-order valence-electron chi connectivity index (χ4n) is 2.56. The Kier molecular flexibility index (Phi) is 4.67. The highest BCUT2D eigenvalue weighted by Crippen LogP contribution is 2.31. The van der Waals surface area contributed by atoms with E-state index in [9.17, 15) is 13.5 Å². The quantitative estimate of drug-likeness (QED) is 0.858. The zero-order valence-electron chi connectivity index (χ0n) is 12.0. The van der Waals surface area contributed by atoms with Gasteiger partial charge in [0.2, 0.25) is 10.0 Å². The predicted molar refractivity (Wildman–Crippen MR) is 79.3 cm³/mol. The molecular formula is C14H22N2O3S. The molecule has 0 bridgehead atoms. The Balaban J connectivity index is 1.99. The third-order valence-corrected chi connectivity index (χ3v) is 5.58. The van der Waals surface area contributed by atoms with Crippen LogP contribution in [0.1, 0.15) is 30.0 Å². The second kappa shape index (κ2) is 6.11. The first kappa shape index (κ1) is 15.3. The maximum absolute atomic E-state index is 11.7. The van der Waals surface area contributed by atoms with E-state index in [0.29, 0.717) is 12.3 Å². The molecule has 112 valence electrons. The van der Waals surface area contributed by atoms with Crippen molar-refractivity contribution in [2.75, 3.05) is 26.4 Å². The van der Waals surface area contributed by atoms with Gasteiger partial charge >= 0.3 is 0 Å². The standard InChI is InChI=1S/C14H22N2O3S/c1-16(2)20(18,19)9-8-15-14-5-3-4-11-10-12(17)6-7-13(11)14/h6-7,10,14-15,17H,3-5,8-9H2,1-2H3. The van der Waals surface area contributed by atoms with Crippen LogP contribution in [0.2, 0.25) is 0 Å². The molecule has 0 saturated heterocycles. The molecule has 0 saturated carbocycles. The molecule has 5 nitrogen and oxygen atoms in total. The highest BCUT2D eigenvalue weighted by atomic mass is 32.2. The molecule has 1 aliphatic rings. The molecule has 2 rings (SSSR count). The Bertz CT molecular complexity index is 570. The van der Waals surface area contributed by atoms with Gasteiger partial charge in [-0.15, -0.1) is 0 Å². The van der Waals surface area contributed by atoms with Crippen LogP contribution < -0.4 is 5.32 Å². The van der Waals surface area contributed by atoms with Crippen molar-refractivity contribution in [2.24, 2.45) is 0 Å². The molecule has 6 heteroatoms. The first-order valence-electron chi connectivity index (χ1n) is 6.85. The average Bonchev–Trinajstić information content (AvgIpc) is 2.38. The zero-order chi connectivity index (χ0) is 14.8. The predicted octanol–water partition coefficient (Wildman–Crippen LogP) is 1.25. The molecule has 20 heavy (non-hydrogen) atoms. The van der Waals surface area contributed by atoms with Gasteiger partial charge in [0.05, 0.1) is 5.75 Å². The van der Waals surface area contributed by atoms with Crippen LogP contribution in [0.4, 0.5) is 0 Å². The smallest absolute Gasteiger partial charge is 0.214 e. The van der Waals surface area contributed by atoms with E-state index in [1.54, 1.807) is 26.2 Å². The Labute approximate surface area is 120 Å². The van der Waals surface area contributed by atoms with Crippen LogP contribution in [-0.2, 0) is 16.4 Å². The number of phenols is 1. The van der Waals surface area contributed by atoms with Gasteiger partial charge in [-0.25, -0.2) is 12.7 Å². The van der Waals surface area contributed by atoms with Gasteiger partial charge in [0.15, 0.2) is 0 Å². The summed E-state index contributed by atoms with van der Waals surface area (Å²) in [5, 5.41) is 12.8. The monoisotopic (exact) mass is 298 g/mol. The average molecular weight is 298 g/mol. The molecular weight excluding hydrogens is 276 g/mol. The fourth-order valence-corrected chi connectivity index (χ4v) is 3.30. The topological polar surface area (TPSA) is 69.6 Å². The number of benzene rings is 1. The molecule has 1 atom stereocenters. The number of aromatic hydroxyl groups is 1. The molecule has 0 spiro atoms. The number of hydrogen-bond acceptors (Lipinski definition) is 4. The van der Waals surface area contributed by atoms with Crippen molar-refractivity contribution in [1.29, 1.82) is 0 Å². The minimum atomic E-state index is -3.15. The van der Waals surface area contributed by atoms with Gasteiger partial charge in [-0.3, -0.25) is 0 Å². The van der Waals surface area contributed by atoms with E-state index in [0.717, 1.165) is 24.8 Å². The maximum atomic E-state index is 11.7. The lowest BCUT2D eigenvalue weighted by Crippen LogP contribution is -2.33. The van der Waals surface area contributed by atoms with E-state index in [4.69, 9.17) is 0 Å². The summed E-state index contributed by atoms with van der Waals surface area (Å²) in [6.45, 7) is 0.436. The first-order valence-corrected chi connectivity index (χ1v) is 8.46. The third kappa shape index (κ3) is 3.50. The number of fused-ring (bicyclic) bond motifs is 1. The normalized spacial score (nSPS) is 19.1. The molecule has 0 heterocycles. The molecule has 1 aliphatic carbocycles. The van der Waals surface area contributed by atoms with Gasteiger partial charge in [0.25, 0.3) is 0 Å². The Hall–Kier alpha value is -1.11. The first-order chi connectivity index (χ1) is 9.40. The lowest BCUT2D eigenvalue weighted by Gasteiger charge is -2.26. The van der Waals surface area contributed by atoms with Gasteiger partial charge in [0.1, 0.15) is 5.75 Å². The molecule has 2 N–H and O–H groups in total. The Morgan fingerprint density at radius 2 is 2.15 bits per heavy atom. The van der Waals surface area contributed by atoms with E-state index in [1.165, 1.54) is 9.87 Å². The van der Waals surface area contributed by atoms with Crippen LogP contribution in [0.25, 0.3) is 0 Å². The van der Waals surface area contributed by atoms with E-state index in [1.807, 2.05) is 6.07 Å². The zero-order valence-corrected chi connectivity index (χ0v) is 12.8. The molecule has 0 fully saturated rings. The van der Waals surface area contributed by atoms with Crippen molar-refractivity contribution >= 4 is 10.0 Å². The largest absolute Gasteiger partial charge is 0.508 e. The summed E-state index contributed by atoms with van der Waals surface area (Å²) < 4.78 is 24.7. The lowest BCUT2D eigenvalue weighted by atomic mass is 9.87. The molecule has 0 aromatic heterocycles. The van der Waals surface area contributed by atoms with E-state index < -0.39 is 10.0 Å². The number of rotatable bonds is 5. The maximum Gasteiger partial charge on any atom is 0.214 e. The number of nitrogens with zero attached hydrogens (tertiary/aromatic N) is 1. The van der Waals surface area contributed by atoms with Gasteiger partial charge in [0, 0.05) is 26.7 Å². The minimum absolute atomic E-state index is 0.101. The molecule has 0 aliphatic heterocycles. The van der Waals surface area contributed by atoms with Crippen LogP contribution in [0.5, 0.6) is 5.75 Å². The summed E-state index contributed by atoms with van der Waals surface area (Å²) in [5.41, 5.74) is 2.33. The van der Waals surface area contributed by atoms with Crippen LogP contribution in [-0.4, -0.2) is 44.2 Å². The van der Waals surface area contributed by atoms with Crippen molar-refractivity contribution < 1.29 is 13.5 Å². The Morgan fingerprint density at radius 3 is 2.85 bits per heavy atom. The van der Waals surface area contributed by atoms with Crippen molar-refractivity contribution in [3.05, 3.63) is 29.3 Å². The lowest BCUT2D eigenvalue weighted by molar-refractivity contribution is 0.454. The summed E-state index contributed by atoms with van der Waals surface area (Å²) in [5.74, 6) is 0.392. The second-order valence-corrected chi connectivity index (χ2v) is 7.68. The van der Waals surface area contributed by atoms with Gasteiger partial charge in [-0.05, 0) is 42.5 Å². The summed E-state index contributed by atoms with van der Waals surface area (Å²) >= 11 is 0. The molecule has 1 aromatic carbocycles. The second-order valence-electron chi connectivity index (χ2n) is 5.38. The number of hydrogen-bond donors (Lipinski definition) is 2. The Morgan fingerprint density at radius 1 is 1.40 bits per heavy atom. The van der Waals surface area contributed by atoms with E-state index in [2.05, 4.69) is 5.32 Å². The van der Waals surface area contributed by atoms with Crippen molar-refractivity contribution in [2.45, 2.75) is 25.3 Å². The van der Waals surface area contributed by atoms with Crippen molar-refractivity contribution in [1.82, 2.24) is 9.62 Å². The fraction of sp³-hybridized carbons (Fsp3) is 0.571. The van der Waals surface area contributed by atoms with Gasteiger partial charge < -0.3 is 10.4 Å². The van der Waals surface area contributed by atoms with Gasteiger partial charge in [-0.2, -0.15) is 0 Å². The molecule has 0 amide bonds. The summed E-state index contributed by atoms with van der Waals surface area (Å²) in [7, 11) is -0.0530. The SMILES string of the molecule is CN(C)S(=O)(=O)CCNC1CCCc2cc(O)ccc21. The molecule has 1 aromatic rings. The molecule has 0 radical (unpaired) electrons. The van der Waals surface area contributed by atoms with Gasteiger partial charge in [-0.1, -0.05) is 6.07 Å². The molecule has 1 unspecified atom stereocenters. The van der Waals surface area contributed by atoms with Crippen LogP contribution in [0.15, 0.2) is 18.2 Å². The van der Waals surface area contributed by atoms with Crippen LogP contribution in [0, 0.1) is 0 Å². The summed E-state index contributed by atoms with van der Waals surface area (Å²) in [4.78, 5) is 0. The number of aryl methyl sites for hydroxylation is 1. The highest BCUT2D eigenvalue weighted by Gasteiger charge is 2.21. The highest BCUT2D eigenvalue weighted by molar-refractivity contribution is 7.89. The third-order valence-electron chi connectivity index (χ3n) is 3.75. The summed E-state index contributed by atoms with van der Waals surface area (Å²) in [6, 6.07) is 5.61. The minimum Gasteiger partial charge on any atom is -0.508 e. The van der Waals surface area contributed by atoms with Crippen LogP contribution in [0.3, 0.4) is 0 Å². The summed E-state index contributed by atoms with van der Waals surface area (Å²) in [6.07, 6.45) is 3.02. The number of nitrogens with one attached hydrogen (secondary N) is 1. The van der Waals surface area contributed by atoms with Crippen molar-refractivity contribution in [3.63, 3.8) is 0 Å². The van der Waals surface area contributed by atoms with E-state index >= 15 is 0 Å². The van der Waals surface area contributed by atoms with E-state index in [-0.39, 0.29) is 11.8 Å². The van der Waals surface area contributed by atoms with Crippen LogP contribution >= 0.6 is 0 Å².